The highest BCUT2D eigenvalue weighted by Gasteiger charge is 2.32. The van der Waals surface area contributed by atoms with Gasteiger partial charge in [0, 0.05) is 5.75 Å². The van der Waals surface area contributed by atoms with Crippen molar-refractivity contribution in [3.8, 4) is 5.75 Å². The van der Waals surface area contributed by atoms with E-state index in [1.54, 1.807) is 67.6 Å². The minimum atomic E-state index is -4.09. The molecular weight excluding hydrogens is 592 g/mol. The van der Waals surface area contributed by atoms with Crippen LogP contribution < -0.4 is 14.8 Å². The summed E-state index contributed by atoms with van der Waals surface area (Å²) in [5, 5.41) is 1.82. The highest BCUT2D eigenvalue weighted by molar-refractivity contribution is 8.00. The van der Waals surface area contributed by atoms with Crippen LogP contribution in [0.3, 0.4) is 0 Å². The van der Waals surface area contributed by atoms with Crippen molar-refractivity contribution >= 4 is 39.6 Å². The lowest BCUT2D eigenvalue weighted by molar-refractivity contribution is -0.144. The zero-order valence-corrected chi connectivity index (χ0v) is 26.1. The molecule has 0 aliphatic heterocycles. The van der Waals surface area contributed by atoms with E-state index in [0.29, 0.717) is 16.9 Å². The van der Waals surface area contributed by atoms with Gasteiger partial charge in [0.15, 0.2) is 0 Å². The Hall–Kier alpha value is -3.87. The van der Waals surface area contributed by atoms with Crippen molar-refractivity contribution in [3.63, 3.8) is 0 Å². The third kappa shape index (κ3) is 9.84. The molecule has 3 rings (SSSR count). The lowest BCUT2D eigenvalue weighted by Crippen LogP contribution is -2.53. The van der Waals surface area contributed by atoms with Gasteiger partial charge in [-0.2, -0.15) is 4.72 Å². The molecule has 3 aromatic carbocycles. The van der Waals surface area contributed by atoms with Gasteiger partial charge in [-0.25, -0.2) is 13.2 Å². The van der Waals surface area contributed by atoms with Crippen LogP contribution in [-0.4, -0.2) is 64.9 Å². The second-order valence-electron chi connectivity index (χ2n) is 9.50. The quantitative estimate of drug-likeness (QED) is 0.242. The maximum Gasteiger partial charge on any atom is 0.329 e. The summed E-state index contributed by atoms with van der Waals surface area (Å²) in [7, 11) is -1.38. The molecule has 0 aromatic heterocycles. The Balaban J connectivity index is 1.84. The number of methoxy groups -OCH3 is 2. The molecule has 2 N–H and O–H groups in total. The van der Waals surface area contributed by atoms with E-state index >= 15 is 0 Å². The molecule has 0 saturated heterocycles. The molecule has 0 saturated carbocycles. The number of ether oxygens (including phenoxy) is 3. The molecule has 0 aliphatic rings. The van der Waals surface area contributed by atoms with Gasteiger partial charge in [-0.1, -0.05) is 60.2 Å². The predicted molar refractivity (Wildman–Crippen MR) is 164 cm³/mol. The SMILES string of the molecule is CCOC(=O)C(SC[C@H](NC(=O)[C@H](Cc1ccccc1)NS(=O)(=O)c1ccc(C)cc1)C(=O)OC)c1ccc(OC)cc1. The van der Waals surface area contributed by atoms with Crippen LogP contribution >= 0.6 is 11.8 Å². The molecule has 0 radical (unpaired) electrons. The van der Waals surface area contributed by atoms with Crippen molar-refractivity contribution in [3.05, 3.63) is 95.6 Å². The fourth-order valence-corrected chi connectivity index (χ4v) is 6.44. The summed E-state index contributed by atoms with van der Waals surface area (Å²) in [6, 6.07) is 19.5. The average Bonchev–Trinajstić information content (AvgIpc) is 3.00. The van der Waals surface area contributed by atoms with Crippen LogP contribution in [0.15, 0.2) is 83.8 Å². The highest BCUT2D eigenvalue weighted by Crippen LogP contribution is 2.32. The van der Waals surface area contributed by atoms with E-state index in [9.17, 15) is 22.8 Å². The predicted octanol–water partition coefficient (Wildman–Crippen LogP) is 3.59. The molecule has 12 heteroatoms. The number of sulfonamides is 1. The summed E-state index contributed by atoms with van der Waals surface area (Å²) in [6.45, 7) is 3.68. The maximum atomic E-state index is 13.6. The Labute approximate surface area is 256 Å². The molecular formula is C31H36N2O8S2. The topological polar surface area (TPSA) is 137 Å². The molecule has 0 fully saturated rings. The van der Waals surface area contributed by atoms with Gasteiger partial charge in [0.25, 0.3) is 0 Å². The zero-order chi connectivity index (χ0) is 31.4. The fourth-order valence-electron chi connectivity index (χ4n) is 4.08. The zero-order valence-electron chi connectivity index (χ0n) is 24.4. The molecule has 230 valence electrons. The molecule has 1 amide bonds. The first kappa shape index (κ1) is 33.6. The summed E-state index contributed by atoms with van der Waals surface area (Å²) in [5.74, 6) is -1.45. The van der Waals surface area contributed by atoms with Gasteiger partial charge in [-0.15, -0.1) is 11.8 Å². The van der Waals surface area contributed by atoms with E-state index in [0.717, 1.165) is 17.3 Å². The molecule has 0 heterocycles. The highest BCUT2D eigenvalue weighted by atomic mass is 32.2. The molecule has 3 atom stereocenters. The minimum Gasteiger partial charge on any atom is -0.497 e. The number of carbonyl (C=O) groups excluding carboxylic acids is 3. The van der Waals surface area contributed by atoms with E-state index < -0.39 is 45.2 Å². The minimum absolute atomic E-state index is 0.000745. The molecule has 1 unspecified atom stereocenters. The summed E-state index contributed by atoms with van der Waals surface area (Å²) < 4.78 is 44.3. The normalized spacial score (nSPS) is 13.3. The average molecular weight is 629 g/mol. The Kier molecular flexibility index (Phi) is 12.6. The number of carbonyl (C=O) groups is 3. The first-order valence-electron chi connectivity index (χ1n) is 13.5. The Morgan fingerprint density at radius 3 is 2.09 bits per heavy atom. The molecule has 3 aromatic rings. The Bertz CT molecular complexity index is 1460. The van der Waals surface area contributed by atoms with Gasteiger partial charge in [-0.05, 0) is 55.7 Å². The van der Waals surface area contributed by atoms with E-state index in [4.69, 9.17) is 14.2 Å². The van der Waals surface area contributed by atoms with Crippen molar-refractivity contribution < 1.29 is 37.0 Å². The molecule has 0 bridgehead atoms. The number of aryl methyl sites for hydroxylation is 1. The Morgan fingerprint density at radius 2 is 1.51 bits per heavy atom. The van der Waals surface area contributed by atoms with Crippen LogP contribution in [0.4, 0.5) is 0 Å². The third-order valence-electron chi connectivity index (χ3n) is 6.38. The van der Waals surface area contributed by atoms with Crippen molar-refractivity contribution in [2.24, 2.45) is 0 Å². The first-order chi connectivity index (χ1) is 20.6. The van der Waals surface area contributed by atoms with Crippen molar-refractivity contribution in [1.82, 2.24) is 10.0 Å². The molecule has 43 heavy (non-hydrogen) atoms. The summed E-state index contributed by atoms with van der Waals surface area (Å²) in [5.41, 5.74) is 2.21. The number of rotatable bonds is 15. The lowest BCUT2D eigenvalue weighted by Gasteiger charge is -2.24. The number of thioether (sulfide) groups is 1. The number of nitrogens with one attached hydrogen (secondary N) is 2. The number of benzene rings is 3. The van der Waals surface area contributed by atoms with Crippen LogP contribution in [0.5, 0.6) is 5.75 Å². The monoisotopic (exact) mass is 628 g/mol. The number of esters is 2. The van der Waals surface area contributed by atoms with Crippen molar-refractivity contribution in [2.75, 3.05) is 26.6 Å². The maximum absolute atomic E-state index is 13.6. The molecule has 10 nitrogen and oxygen atoms in total. The second kappa shape index (κ2) is 16.1. The van der Waals surface area contributed by atoms with Gasteiger partial charge < -0.3 is 19.5 Å². The smallest absolute Gasteiger partial charge is 0.329 e. The van der Waals surface area contributed by atoms with Crippen LogP contribution in [0.1, 0.15) is 28.9 Å². The van der Waals surface area contributed by atoms with Gasteiger partial charge in [0.1, 0.15) is 23.1 Å². The van der Waals surface area contributed by atoms with Gasteiger partial charge in [-0.3, -0.25) is 9.59 Å². The van der Waals surface area contributed by atoms with E-state index in [1.165, 1.54) is 26.4 Å². The first-order valence-corrected chi connectivity index (χ1v) is 16.0. The van der Waals surface area contributed by atoms with Crippen LogP contribution in [0.25, 0.3) is 0 Å². The number of hydrogen-bond donors (Lipinski definition) is 2. The van der Waals surface area contributed by atoms with Crippen LogP contribution in [0.2, 0.25) is 0 Å². The number of amides is 1. The van der Waals surface area contributed by atoms with Crippen LogP contribution in [0, 0.1) is 6.92 Å². The largest absolute Gasteiger partial charge is 0.497 e. The van der Waals surface area contributed by atoms with Crippen molar-refractivity contribution in [2.45, 2.75) is 42.5 Å². The molecule has 0 spiro atoms. The van der Waals surface area contributed by atoms with Gasteiger partial charge >= 0.3 is 11.9 Å². The fraction of sp³-hybridized carbons (Fsp3) is 0.323. The third-order valence-corrected chi connectivity index (χ3v) is 9.19. The van der Waals surface area contributed by atoms with E-state index in [2.05, 4.69) is 10.0 Å². The van der Waals surface area contributed by atoms with E-state index in [-0.39, 0.29) is 23.7 Å². The molecule has 0 aliphatic carbocycles. The van der Waals surface area contributed by atoms with Crippen molar-refractivity contribution in [1.29, 1.82) is 0 Å². The second-order valence-corrected chi connectivity index (χ2v) is 12.4. The van der Waals surface area contributed by atoms with Gasteiger partial charge in [0.2, 0.25) is 15.9 Å². The summed E-state index contributed by atoms with van der Waals surface area (Å²) in [6.07, 6.45) is 0.0239. The number of hydrogen-bond acceptors (Lipinski definition) is 9. The standard InChI is InChI=1S/C31H36N2O8S2/c1-5-41-31(36)28(23-13-15-24(39-3)16-14-23)42-20-27(30(35)40-4)32-29(34)26(19-22-9-7-6-8-10-22)33-43(37,38)25-17-11-21(2)12-18-25/h6-18,26-28,33H,5,19-20H2,1-4H3,(H,32,34)/t26-,27-,28?/m0/s1. The van der Waals surface area contributed by atoms with Crippen LogP contribution in [-0.2, 0) is 40.3 Å². The Morgan fingerprint density at radius 1 is 0.860 bits per heavy atom. The van der Waals surface area contributed by atoms with E-state index in [1.807, 2.05) is 13.0 Å². The van der Waals surface area contributed by atoms with Gasteiger partial charge in [0.05, 0.1) is 25.7 Å². The summed E-state index contributed by atoms with van der Waals surface area (Å²) in [4.78, 5) is 39.2. The lowest BCUT2D eigenvalue weighted by atomic mass is 10.1. The summed E-state index contributed by atoms with van der Waals surface area (Å²) >= 11 is 1.09.